The van der Waals surface area contributed by atoms with E-state index < -0.39 is 17.4 Å². The molecule has 0 aliphatic heterocycles. The van der Waals surface area contributed by atoms with Crippen LogP contribution in [0.25, 0.3) is 5.57 Å². The zero-order chi connectivity index (χ0) is 12.6. The summed E-state index contributed by atoms with van der Waals surface area (Å²) in [6.07, 6.45) is 0.0956. The van der Waals surface area contributed by atoms with Crippen molar-refractivity contribution in [2.75, 3.05) is 0 Å². The molecule has 88 valence electrons. The fourth-order valence-electron chi connectivity index (χ4n) is 2.04. The van der Waals surface area contributed by atoms with Gasteiger partial charge in [-0.2, -0.15) is 0 Å². The second kappa shape index (κ2) is 3.73. The zero-order valence-corrected chi connectivity index (χ0v) is 9.30. The fraction of sp³-hybridized carbons (Fsp3) is 0.231. The summed E-state index contributed by atoms with van der Waals surface area (Å²) >= 11 is 0. The van der Waals surface area contributed by atoms with Gasteiger partial charge in [0.15, 0.2) is 5.41 Å². The van der Waals surface area contributed by atoms with Crippen LogP contribution in [0.2, 0.25) is 0 Å². The third kappa shape index (κ3) is 1.62. The lowest BCUT2D eigenvalue weighted by molar-refractivity contribution is -0.155. The topological polar surface area (TPSA) is 74.6 Å². The average molecular weight is 232 g/mol. The Bertz CT molecular complexity index is 499. The van der Waals surface area contributed by atoms with E-state index in [2.05, 4.69) is 0 Å². The summed E-state index contributed by atoms with van der Waals surface area (Å²) < 4.78 is 0. The monoisotopic (exact) mass is 232 g/mol. The lowest BCUT2D eigenvalue weighted by Gasteiger charge is -2.04. The standard InChI is InChI=1S/C13H12O4/c1-8(9-5-3-2-4-6-9)10-7-13(10,11(14)15)12(16)17/h2-6H,7H2,1H3,(H,14,15)(H,16,17). The molecule has 1 fully saturated rings. The molecule has 17 heavy (non-hydrogen) atoms. The number of carboxylic acid groups (broad SMARTS) is 2. The second-order valence-electron chi connectivity index (χ2n) is 4.16. The van der Waals surface area contributed by atoms with Gasteiger partial charge in [-0.3, -0.25) is 9.59 Å². The van der Waals surface area contributed by atoms with E-state index in [1.54, 1.807) is 6.92 Å². The minimum absolute atomic E-state index is 0.0956. The quantitative estimate of drug-likeness (QED) is 0.782. The Hall–Kier alpha value is -2.10. The van der Waals surface area contributed by atoms with E-state index in [-0.39, 0.29) is 6.42 Å². The molecule has 1 aliphatic rings. The summed E-state index contributed by atoms with van der Waals surface area (Å²) in [6, 6.07) is 9.22. The minimum Gasteiger partial charge on any atom is -0.480 e. The van der Waals surface area contributed by atoms with Crippen molar-refractivity contribution in [2.45, 2.75) is 13.3 Å². The van der Waals surface area contributed by atoms with Gasteiger partial charge >= 0.3 is 11.9 Å². The van der Waals surface area contributed by atoms with Gasteiger partial charge in [0.2, 0.25) is 0 Å². The van der Waals surface area contributed by atoms with Gasteiger partial charge in [-0.05, 0) is 23.6 Å². The maximum atomic E-state index is 11.1. The van der Waals surface area contributed by atoms with Crippen molar-refractivity contribution in [3.05, 3.63) is 41.5 Å². The largest absolute Gasteiger partial charge is 0.480 e. The molecular weight excluding hydrogens is 220 g/mol. The summed E-state index contributed by atoms with van der Waals surface area (Å²) in [5.74, 6) is -2.56. The first-order valence-electron chi connectivity index (χ1n) is 5.22. The molecule has 4 heteroatoms. The normalized spacial score (nSPS) is 19.6. The molecule has 0 saturated heterocycles. The molecule has 1 aromatic carbocycles. The number of allylic oxidation sites excluding steroid dienone is 1. The first-order valence-corrected chi connectivity index (χ1v) is 5.22. The van der Waals surface area contributed by atoms with E-state index in [9.17, 15) is 9.59 Å². The average Bonchev–Trinajstić information content (AvgIpc) is 3.06. The zero-order valence-electron chi connectivity index (χ0n) is 9.30. The van der Waals surface area contributed by atoms with E-state index in [1.807, 2.05) is 30.3 Å². The SMILES string of the molecule is CC(=C1CC1(C(=O)O)C(=O)O)c1ccccc1. The van der Waals surface area contributed by atoms with E-state index in [1.165, 1.54) is 0 Å². The van der Waals surface area contributed by atoms with Crippen molar-refractivity contribution in [2.24, 2.45) is 5.41 Å². The van der Waals surface area contributed by atoms with Crippen LogP contribution >= 0.6 is 0 Å². The van der Waals surface area contributed by atoms with Crippen molar-refractivity contribution in [3.63, 3.8) is 0 Å². The van der Waals surface area contributed by atoms with E-state index in [4.69, 9.17) is 10.2 Å². The van der Waals surface area contributed by atoms with Crippen molar-refractivity contribution in [3.8, 4) is 0 Å². The third-order valence-electron chi connectivity index (χ3n) is 3.22. The van der Waals surface area contributed by atoms with Gasteiger partial charge in [-0.15, -0.1) is 0 Å². The number of benzene rings is 1. The van der Waals surface area contributed by atoms with Crippen LogP contribution in [-0.4, -0.2) is 22.2 Å². The fourth-order valence-corrected chi connectivity index (χ4v) is 2.04. The smallest absolute Gasteiger partial charge is 0.325 e. The number of aliphatic carboxylic acids is 2. The maximum Gasteiger partial charge on any atom is 0.325 e. The predicted molar refractivity (Wildman–Crippen MR) is 61.4 cm³/mol. The highest BCUT2D eigenvalue weighted by Gasteiger charge is 2.63. The third-order valence-corrected chi connectivity index (χ3v) is 3.22. The molecule has 0 amide bonds. The number of carboxylic acids is 2. The number of hydrogen-bond acceptors (Lipinski definition) is 2. The highest BCUT2D eigenvalue weighted by Crippen LogP contribution is 2.55. The summed E-state index contributed by atoms with van der Waals surface area (Å²) in [5, 5.41) is 18.1. The molecular formula is C13H12O4. The van der Waals surface area contributed by atoms with Gasteiger partial charge in [0.05, 0.1) is 0 Å². The van der Waals surface area contributed by atoms with E-state index in [0.29, 0.717) is 5.57 Å². The Kier molecular flexibility index (Phi) is 2.50. The van der Waals surface area contributed by atoms with Gasteiger partial charge in [-0.1, -0.05) is 30.3 Å². The van der Waals surface area contributed by atoms with Gasteiger partial charge in [0, 0.05) is 6.42 Å². The van der Waals surface area contributed by atoms with Crippen LogP contribution in [0.3, 0.4) is 0 Å². The summed E-state index contributed by atoms with van der Waals surface area (Å²) in [6.45, 7) is 1.76. The Morgan fingerprint density at radius 1 is 1.12 bits per heavy atom. The minimum atomic E-state index is -1.69. The molecule has 2 rings (SSSR count). The lowest BCUT2D eigenvalue weighted by atomic mass is 10.0. The molecule has 1 aliphatic carbocycles. The van der Waals surface area contributed by atoms with Crippen LogP contribution < -0.4 is 0 Å². The molecule has 0 aromatic heterocycles. The number of hydrogen-bond donors (Lipinski definition) is 2. The van der Waals surface area contributed by atoms with Gasteiger partial charge in [-0.25, -0.2) is 0 Å². The molecule has 0 radical (unpaired) electrons. The molecule has 0 spiro atoms. The van der Waals surface area contributed by atoms with Crippen LogP contribution in [0.4, 0.5) is 0 Å². The van der Waals surface area contributed by atoms with E-state index in [0.717, 1.165) is 11.1 Å². The van der Waals surface area contributed by atoms with Crippen molar-refractivity contribution in [1.29, 1.82) is 0 Å². The first-order chi connectivity index (χ1) is 8.00. The Labute approximate surface area is 98.2 Å². The van der Waals surface area contributed by atoms with Crippen LogP contribution in [0.5, 0.6) is 0 Å². The number of carbonyl (C=O) groups is 2. The van der Waals surface area contributed by atoms with Gasteiger partial charge in [0.1, 0.15) is 0 Å². The van der Waals surface area contributed by atoms with Crippen LogP contribution in [-0.2, 0) is 9.59 Å². The van der Waals surface area contributed by atoms with Crippen LogP contribution in [0.15, 0.2) is 35.9 Å². The second-order valence-corrected chi connectivity index (χ2v) is 4.16. The van der Waals surface area contributed by atoms with Crippen LogP contribution in [0, 0.1) is 5.41 Å². The molecule has 0 heterocycles. The summed E-state index contributed by atoms with van der Waals surface area (Å²) in [7, 11) is 0. The molecule has 0 unspecified atom stereocenters. The molecule has 0 bridgehead atoms. The van der Waals surface area contributed by atoms with Gasteiger partial charge < -0.3 is 10.2 Å². The Balaban J connectivity index is 2.44. The van der Waals surface area contributed by atoms with E-state index >= 15 is 0 Å². The highest BCUT2D eigenvalue weighted by atomic mass is 16.4. The molecule has 1 saturated carbocycles. The molecule has 0 atom stereocenters. The van der Waals surface area contributed by atoms with Crippen molar-refractivity contribution >= 4 is 17.5 Å². The Morgan fingerprint density at radius 3 is 2.06 bits per heavy atom. The summed E-state index contributed by atoms with van der Waals surface area (Å²) in [4.78, 5) is 22.1. The molecule has 2 N–H and O–H groups in total. The molecule has 4 nitrogen and oxygen atoms in total. The first kappa shape index (κ1) is 11.4. The Morgan fingerprint density at radius 2 is 1.65 bits per heavy atom. The lowest BCUT2D eigenvalue weighted by Crippen LogP contribution is -2.25. The summed E-state index contributed by atoms with van der Waals surface area (Å²) in [5.41, 5.74) is 0.408. The van der Waals surface area contributed by atoms with Gasteiger partial charge in [0.25, 0.3) is 0 Å². The molecule has 1 aromatic rings. The predicted octanol–water partition coefficient (Wildman–Crippen LogP) is 2.02. The highest BCUT2D eigenvalue weighted by molar-refractivity contribution is 6.09. The van der Waals surface area contributed by atoms with Crippen molar-refractivity contribution in [1.82, 2.24) is 0 Å². The van der Waals surface area contributed by atoms with Crippen molar-refractivity contribution < 1.29 is 19.8 Å². The van der Waals surface area contributed by atoms with Crippen LogP contribution in [0.1, 0.15) is 18.9 Å². The number of rotatable bonds is 3. The maximum absolute atomic E-state index is 11.1.